The Morgan fingerprint density at radius 3 is 2.25 bits per heavy atom. The van der Waals surface area contributed by atoms with E-state index < -0.39 is 11.7 Å². The number of rotatable bonds is 3. The van der Waals surface area contributed by atoms with Crippen molar-refractivity contribution in [2.24, 2.45) is 7.05 Å². The summed E-state index contributed by atoms with van der Waals surface area (Å²) in [6, 6.07) is 9.50. The Morgan fingerprint density at radius 2 is 1.68 bits per heavy atom. The second-order valence-electron chi connectivity index (χ2n) is 6.92. The predicted molar refractivity (Wildman–Crippen MR) is 102 cm³/mol. The van der Waals surface area contributed by atoms with Gasteiger partial charge in [0.2, 0.25) is 0 Å². The average Bonchev–Trinajstić information content (AvgIpc) is 2.63. The Morgan fingerprint density at radius 1 is 1.04 bits per heavy atom. The van der Waals surface area contributed by atoms with E-state index >= 15 is 0 Å². The second kappa shape index (κ2) is 7.14. The first-order chi connectivity index (χ1) is 13.1. The molecule has 0 fully saturated rings. The first-order valence-electron chi connectivity index (χ1n) is 8.70. The average molecular weight is 388 g/mol. The maximum Gasteiger partial charge on any atom is 0.416 e. The van der Waals surface area contributed by atoms with Crippen LogP contribution in [0.3, 0.4) is 0 Å². The molecule has 0 aliphatic heterocycles. The van der Waals surface area contributed by atoms with Crippen LogP contribution in [0.25, 0.3) is 21.9 Å². The van der Waals surface area contributed by atoms with E-state index in [9.17, 15) is 22.8 Å². The SMILES string of the molecule is CC(C)NC(=O)c1ccc2c(-c3ccc(C(F)(F)F)cc3)cn(C)c(=O)c2c1. The lowest BCUT2D eigenvalue weighted by Gasteiger charge is -2.13. The van der Waals surface area contributed by atoms with Crippen LogP contribution in [0.2, 0.25) is 0 Å². The van der Waals surface area contributed by atoms with Crippen LogP contribution in [0.1, 0.15) is 29.8 Å². The molecule has 1 amide bonds. The van der Waals surface area contributed by atoms with Crippen molar-refractivity contribution in [2.75, 3.05) is 0 Å². The molecule has 0 aliphatic rings. The third-order valence-corrected chi connectivity index (χ3v) is 4.39. The quantitative estimate of drug-likeness (QED) is 0.725. The summed E-state index contributed by atoms with van der Waals surface area (Å²) in [5.41, 5.74) is 0.486. The number of aromatic nitrogens is 1. The predicted octanol–water partition coefficient (Wildman–Crippen LogP) is 4.36. The highest BCUT2D eigenvalue weighted by Crippen LogP contribution is 2.32. The number of hydrogen-bond donors (Lipinski definition) is 1. The number of fused-ring (bicyclic) bond motifs is 1. The minimum Gasteiger partial charge on any atom is -0.350 e. The molecule has 0 saturated heterocycles. The topological polar surface area (TPSA) is 51.1 Å². The lowest BCUT2D eigenvalue weighted by Crippen LogP contribution is -2.30. The van der Waals surface area contributed by atoms with Crippen molar-refractivity contribution >= 4 is 16.7 Å². The van der Waals surface area contributed by atoms with E-state index in [2.05, 4.69) is 5.32 Å². The molecule has 4 nitrogen and oxygen atoms in total. The molecule has 1 aromatic heterocycles. The van der Waals surface area contributed by atoms with Crippen LogP contribution in [-0.4, -0.2) is 16.5 Å². The first kappa shape index (κ1) is 19.7. The summed E-state index contributed by atoms with van der Waals surface area (Å²) in [4.78, 5) is 24.8. The van der Waals surface area contributed by atoms with Crippen molar-refractivity contribution in [3.63, 3.8) is 0 Å². The van der Waals surface area contributed by atoms with Crippen molar-refractivity contribution in [3.8, 4) is 11.1 Å². The fourth-order valence-corrected chi connectivity index (χ4v) is 3.02. The highest BCUT2D eigenvalue weighted by atomic mass is 19.4. The number of pyridine rings is 1. The number of nitrogens with zero attached hydrogens (tertiary/aromatic N) is 1. The lowest BCUT2D eigenvalue weighted by molar-refractivity contribution is -0.137. The summed E-state index contributed by atoms with van der Waals surface area (Å²) in [5.74, 6) is -0.293. The Hall–Kier alpha value is -3.09. The van der Waals surface area contributed by atoms with Gasteiger partial charge in [-0.3, -0.25) is 9.59 Å². The zero-order valence-corrected chi connectivity index (χ0v) is 15.6. The van der Waals surface area contributed by atoms with Crippen molar-refractivity contribution in [3.05, 3.63) is 70.1 Å². The van der Waals surface area contributed by atoms with Gasteiger partial charge in [-0.1, -0.05) is 18.2 Å². The highest BCUT2D eigenvalue weighted by molar-refractivity contribution is 6.02. The summed E-state index contributed by atoms with van der Waals surface area (Å²) in [5, 5.41) is 3.67. The minimum absolute atomic E-state index is 0.0514. The zero-order chi connectivity index (χ0) is 20.6. The van der Waals surface area contributed by atoms with E-state index in [1.165, 1.54) is 22.8 Å². The standard InChI is InChI=1S/C21H19F3N2O2/c1-12(2)25-19(27)14-6-9-16-17(10-14)20(28)26(3)11-18(16)13-4-7-15(8-5-13)21(22,23)24/h4-12H,1-3H3,(H,25,27). The van der Waals surface area contributed by atoms with Gasteiger partial charge in [-0.15, -0.1) is 0 Å². The van der Waals surface area contributed by atoms with Gasteiger partial charge >= 0.3 is 6.18 Å². The first-order valence-corrected chi connectivity index (χ1v) is 8.70. The third kappa shape index (κ3) is 3.78. The molecule has 0 radical (unpaired) electrons. The van der Waals surface area contributed by atoms with Crippen LogP contribution in [-0.2, 0) is 13.2 Å². The number of aryl methyl sites for hydroxylation is 1. The number of benzene rings is 2. The Labute approximate surface area is 159 Å². The lowest BCUT2D eigenvalue weighted by atomic mass is 9.98. The second-order valence-corrected chi connectivity index (χ2v) is 6.92. The molecule has 0 unspecified atom stereocenters. The molecule has 28 heavy (non-hydrogen) atoms. The summed E-state index contributed by atoms with van der Waals surface area (Å²) in [7, 11) is 1.57. The molecule has 0 atom stereocenters. The van der Waals surface area contributed by atoms with Crippen LogP contribution < -0.4 is 10.9 Å². The van der Waals surface area contributed by atoms with Crippen LogP contribution in [0.5, 0.6) is 0 Å². The minimum atomic E-state index is -4.41. The molecule has 0 spiro atoms. The van der Waals surface area contributed by atoms with Crippen LogP contribution in [0.15, 0.2) is 53.5 Å². The smallest absolute Gasteiger partial charge is 0.350 e. The molecular weight excluding hydrogens is 369 g/mol. The normalized spacial score (nSPS) is 11.8. The largest absolute Gasteiger partial charge is 0.416 e. The van der Waals surface area contributed by atoms with Gasteiger partial charge in [0.05, 0.1) is 5.56 Å². The van der Waals surface area contributed by atoms with E-state index in [1.54, 1.807) is 25.4 Å². The summed E-state index contributed by atoms with van der Waals surface area (Å²) in [6.45, 7) is 3.67. The van der Waals surface area contributed by atoms with Gasteiger partial charge in [0.25, 0.3) is 11.5 Å². The Kier molecular flexibility index (Phi) is 5.02. The van der Waals surface area contributed by atoms with Gasteiger partial charge in [-0.25, -0.2) is 0 Å². The third-order valence-electron chi connectivity index (χ3n) is 4.39. The molecule has 3 aromatic rings. The van der Waals surface area contributed by atoms with Gasteiger partial charge < -0.3 is 9.88 Å². The molecule has 0 saturated carbocycles. The van der Waals surface area contributed by atoms with Crippen molar-refractivity contribution < 1.29 is 18.0 Å². The van der Waals surface area contributed by atoms with E-state index in [4.69, 9.17) is 0 Å². The molecular formula is C21H19F3N2O2. The summed E-state index contributed by atoms with van der Waals surface area (Å²) >= 11 is 0. The summed E-state index contributed by atoms with van der Waals surface area (Å²) < 4.78 is 39.8. The van der Waals surface area contributed by atoms with Gasteiger partial charge in [-0.05, 0) is 49.1 Å². The molecule has 1 heterocycles. The molecule has 1 N–H and O–H groups in total. The zero-order valence-electron chi connectivity index (χ0n) is 15.6. The molecule has 0 bridgehead atoms. The van der Waals surface area contributed by atoms with E-state index in [-0.39, 0.29) is 17.5 Å². The fourth-order valence-electron chi connectivity index (χ4n) is 3.02. The number of amides is 1. The number of halogens is 3. The maximum absolute atomic E-state index is 12.8. The van der Waals surface area contributed by atoms with Crippen LogP contribution >= 0.6 is 0 Å². The maximum atomic E-state index is 12.8. The van der Waals surface area contributed by atoms with Gasteiger partial charge in [0, 0.05) is 35.8 Å². The molecule has 7 heteroatoms. The molecule has 3 rings (SSSR count). The Bertz CT molecular complexity index is 1100. The molecule has 0 aliphatic carbocycles. The highest BCUT2D eigenvalue weighted by Gasteiger charge is 2.30. The molecule has 146 valence electrons. The number of carbonyl (C=O) groups is 1. The fraction of sp³-hybridized carbons (Fsp3) is 0.238. The summed E-state index contributed by atoms with van der Waals surface area (Å²) in [6.07, 6.45) is -2.83. The van der Waals surface area contributed by atoms with Crippen molar-refractivity contribution in [1.29, 1.82) is 0 Å². The van der Waals surface area contributed by atoms with Crippen LogP contribution in [0, 0.1) is 0 Å². The van der Waals surface area contributed by atoms with Crippen LogP contribution in [0.4, 0.5) is 13.2 Å². The number of carbonyl (C=O) groups excluding carboxylic acids is 1. The number of hydrogen-bond acceptors (Lipinski definition) is 2. The van der Waals surface area contributed by atoms with E-state index in [0.29, 0.717) is 27.5 Å². The van der Waals surface area contributed by atoms with E-state index in [1.807, 2.05) is 13.8 Å². The van der Waals surface area contributed by atoms with E-state index in [0.717, 1.165) is 12.1 Å². The van der Waals surface area contributed by atoms with Gasteiger partial charge in [0.15, 0.2) is 0 Å². The number of nitrogens with one attached hydrogen (secondary N) is 1. The van der Waals surface area contributed by atoms with Gasteiger partial charge in [-0.2, -0.15) is 13.2 Å². The Balaban J connectivity index is 2.15. The van der Waals surface area contributed by atoms with Crippen molar-refractivity contribution in [1.82, 2.24) is 9.88 Å². The van der Waals surface area contributed by atoms with Crippen molar-refractivity contribution in [2.45, 2.75) is 26.1 Å². The van der Waals surface area contributed by atoms with Gasteiger partial charge in [0.1, 0.15) is 0 Å². The number of alkyl halides is 3. The monoisotopic (exact) mass is 388 g/mol. The molecule has 2 aromatic carbocycles.